The average Bonchev–Trinajstić information content (AvgIpc) is 2.31. The first-order valence-electron chi connectivity index (χ1n) is 3.62. The first kappa shape index (κ1) is 7.80. The molecular formula is C9H7BrFN. The zero-order valence-electron chi connectivity index (χ0n) is 6.49. The molecular weight excluding hydrogens is 221 g/mol. The third-order valence-corrected chi connectivity index (χ3v) is 2.36. The Hall–Kier alpha value is -0.830. The van der Waals surface area contributed by atoms with Gasteiger partial charge in [0.1, 0.15) is 0 Å². The zero-order chi connectivity index (χ0) is 8.72. The number of fused-ring (bicyclic) bond motifs is 1. The van der Waals surface area contributed by atoms with Crippen molar-refractivity contribution in [3.8, 4) is 0 Å². The van der Waals surface area contributed by atoms with E-state index in [1.807, 2.05) is 12.1 Å². The van der Waals surface area contributed by atoms with Crippen molar-refractivity contribution in [1.82, 2.24) is 4.98 Å². The third kappa shape index (κ3) is 1.05. The summed E-state index contributed by atoms with van der Waals surface area (Å²) in [6.07, 6.45) is 0. The summed E-state index contributed by atoms with van der Waals surface area (Å²) >= 11 is 3.30. The summed E-state index contributed by atoms with van der Waals surface area (Å²) in [5.74, 6) is -0.161. The molecule has 2 aromatic rings. The number of aromatic amines is 1. The van der Waals surface area contributed by atoms with E-state index in [9.17, 15) is 4.39 Å². The van der Waals surface area contributed by atoms with Crippen molar-refractivity contribution in [3.05, 3.63) is 34.2 Å². The Bertz CT molecular complexity index is 433. The molecule has 0 aliphatic heterocycles. The summed E-state index contributed by atoms with van der Waals surface area (Å²) in [5, 5.41) is 0.641. The molecule has 0 spiro atoms. The van der Waals surface area contributed by atoms with Crippen LogP contribution in [-0.2, 0) is 0 Å². The minimum absolute atomic E-state index is 0.161. The molecule has 1 nitrogen and oxygen atoms in total. The fourth-order valence-corrected chi connectivity index (χ4v) is 1.63. The molecule has 3 heteroatoms. The van der Waals surface area contributed by atoms with Crippen LogP contribution >= 0.6 is 15.9 Å². The summed E-state index contributed by atoms with van der Waals surface area (Å²) in [6.45, 7) is 1.73. The molecule has 0 radical (unpaired) electrons. The smallest absolute Gasteiger partial charge is 0.151 e. The second-order valence-corrected chi connectivity index (χ2v) is 3.67. The summed E-state index contributed by atoms with van der Waals surface area (Å²) in [5.41, 5.74) is 1.43. The number of hydrogen-bond acceptors (Lipinski definition) is 0. The van der Waals surface area contributed by atoms with Crippen molar-refractivity contribution in [1.29, 1.82) is 0 Å². The number of hydrogen-bond donors (Lipinski definition) is 1. The molecule has 1 N–H and O–H groups in total. The fraction of sp³-hybridized carbons (Fsp3) is 0.111. The van der Waals surface area contributed by atoms with Crippen LogP contribution in [-0.4, -0.2) is 4.98 Å². The Morgan fingerprint density at radius 3 is 2.92 bits per heavy atom. The fourth-order valence-electron chi connectivity index (χ4n) is 1.27. The lowest BCUT2D eigenvalue weighted by atomic mass is 10.2. The number of nitrogens with one attached hydrogen (secondary N) is 1. The van der Waals surface area contributed by atoms with E-state index in [0.717, 1.165) is 9.99 Å². The Balaban J connectivity index is 2.88. The molecule has 0 atom stereocenters. The van der Waals surface area contributed by atoms with E-state index in [0.29, 0.717) is 11.1 Å². The van der Waals surface area contributed by atoms with Crippen LogP contribution in [0, 0.1) is 12.7 Å². The van der Waals surface area contributed by atoms with Crippen LogP contribution < -0.4 is 0 Å². The normalized spacial score (nSPS) is 10.9. The van der Waals surface area contributed by atoms with Crippen molar-refractivity contribution < 1.29 is 4.39 Å². The van der Waals surface area contributed by atoms with E-state index in [1.54, 1.807) is 13.0 Å². The van der Waals surface area contributed by atoms with Crippen molar-refractivity contribution in [2.75, 3.05) is 0 Å². The lowest BCUT2D eigenvalue weighted by molar-refractivity contribution is 0.629. The van der Waals surface area contributed by atoms with E-state index >= 15 is 0 Å². The molecule has 0 unspecified atom stereocenters. The van der Waals surface area contributed by atoms with Crippen molar-refractivity contribution in [3.63, 3.8) is 0 Å². The molecule has 0 saturated carbocycles. The SMILES string of the molecule is Cc1[nH]c2ccc(Br)cc2c1F. The molecule has 0 saturated heterocycles. The van der Waals surface area contributed by atoms with E-state index in [1.165, 1.54) is 0 Å². The Labute approximate surface area is 77.7 Å². The molecule has 2 rings (SSSR count). The monoisotopic (exact) mass is 227 g/mol. The molecule has 0 aliphatic carbocycles. The molecule has 1 aromatic heterocycles. The average molecular weight is 228 g/mol. The van der Waals surface area contributed by atoms with Crippen molar-refractivity contribution in [2.24, 2.45) is 0 Å². The van der Waals surface area contributed by atoms with Gasteiger partial charge in [0.15, 0.2) is 5.82 Å². The second kappa shape index (κ2) is 2.59. The van der Waals surface area contributed by atoms with Gasteiger partial charge in [0.2, 0.25) is 0 Å². The molecule has 0 bridgehead atoms. The van der Waals surface area contributed by atoms with Crippen LogP contribution in [0.4, 0.5) is 4.39 Å². The molecule has 0 fully saturated rings. The maximum atomic E-state index is 13.3. The standard InChI is InChI=1S/C9H7BrFN/c1-5-9(11)7-4-6(10)2-3-8(7)12-5/h2-4,12H,1H3. The lowest BCUT2D eigenvalue weighted by Crippen LogP contribution is -1.72. The number of aryl methyl sites for hydroxylation is 1. The maximum Gasteiger partial charge on any atom is 0.151 e. The molecule has 0 amide bonds. The van der Waals surface area contributed by atoms with Crippen molar-refractivity contribution in [2.45, 2.75) is 6.92 Å². The number of halogens is 2. The predicted molar refractivity (Wildman–Crippen MR) is 50.7 cm³/mol. The summed E-state index contributed by atoms with van der Waals surface area (Å²) in [7, 11) is 0. The highest BCUT2D eigenvalue weighted by Gasteiger charge is 2.06. The quantitative estimate of drug-likeness (QED) is 0.711. The first-order chi connectivity index (χ1) is 5.68. The van der Waals surface area contributed by atoms with Gasteiger partial charge in [-0.25, -0.2) is 4.39 Å². The van der Waals surface area contributed by atoms with Crippen LogP contribution in [0.25, 0.3) is 10.9 Å². The van der Waals surface area contributed by atoms with E-state index in [-0.39, 0.29) is 5.82 Å². The van der Waals surface area contributed by atoms with Crippen LogP contribution in [0.15, 0.2) is 22.7 Å². The van der Waals surface area contributed by atoms with Gasteiger partial charge in [-0.2, -0.15) is 0 Å². The zero-order valence-corrected chi connectivity index (χ0v) is 8.07. The van der Waals surface area contributed by atoms with Gasteiger partial charge in [0, 0.05) is 21.1 Å². The van der Waals surface area contributed by atoms with Crippen LogP contribution in [0.2, 0.25) is 0 Å². The number of benzene rings is 1. The van der Waals surface area contributed by atoms with E-state index < -0.39 is 0 Å². The van der Waals surface area contributed by atoms with Gasteiger partial charge in [0.05, 0.1) is 0 Å². The summed E-state index contributed by atoms with van der Waals surface area (Å²) in [4.78, 5) is 2.96. The third-order valence-electron chi connectivity index (χ3n) is 1.87. The van der Waals surface area contributed by atoms with Gasteiger partial charge in [-0.15, -0.1) is 0 Å². The topological polar surface area (TPSA) is 15.8 Å². The van der Waals surface area contributed by atoms with Crippen LogP contribution in [0.5, 0.6) is 0 Å². The lowest BCUT2D eigenvalue weighted by Gasteiger charge is -1.90. The molecule has 0 aliphatic rings. The van der Waals surface area contributed by atoms with E-state index in [4.69, 9.17) is 0 Å². The highest BCUT2D eigenvalue weighted by molar-refractivity contribution is 9.10. The Kier molecular flexibility index (Phi) is 1.68. The van der Waals surface area contributed by atoms with Gasteiger partial charge in [-0.3, -0.25) is 0 Å². The molecule has 1 heterocycles. The van der Waals surface area contributed by atoms with Crippen LogP contribution in [0.3, 0.4) is 0 Å². The van der Waals surface area contributed by atoms with Gasteiger partial charge >= 0.3 is 0 Å². The minimum atomic E-state index is -0.161. The van der Waals surface area contributed by atoms with Gasteiger partial charge in [0.25, 0.3) is 0 Å². The second-order valence-electron chi connectivity index (χ2n) is 2.75. The number of H-pyrrole nitrogens is 1. The first-order valence-corrected chi connectivity index (χ1v) is 4.41. The van der Waals surface area contributed by atoms with Gasteiger partial charge in [-0.05, 0) is 25.1 Å². The Morgan fingerprint density at radius 2 is 2.17 bits per heavy atom. The van der Waals surface area contributed by atoms with Gasteiger partial charge in [-0.1, -0.05) is 15.9 Å². The largest absolute Gasteiger partial charge is 0.356 e. The highest BCUT2D eigenvalue weighted by atomic mass is 79.9. The number of aromatic nitrogens is 1. The van der Waals surface area contributed by atoms with Crippen molar-refractivity contribution >= 4 is 26.8 Å². The molecule has 62 valence electrons. The minimum Gasteiger partial charge on any atom is -0.356 e. The number of rotatable bonds is 0. The predicted octanol–water partition coefficient (Wildman–Crippen LogP) is 3.38. The summed E-state index contributed by atoms with van der Waals surface area (Å²) in [6, 6.07) is 5.52. The molecule has 1 aromatic carbocycles. The van der Waals surface area contributed by atoms with Gasteiger partial charge < -0.3 is 4.98 Å². The highest BCUT2D eigenvalue weighted by Crippen LogP contribution is 2.23. The Morgan fingerprint density at radius 1 is 1.42 bits per heavy atom. The van der Waals surface area contributed by atoms with E-state index in [2.05, 4.69) is 20.9 Å². The van der Waals surface area contributed by atoms with Crippen LogP contribution in [0.1, 0.15) is 5.69 Å². The molecule has 12 heavy (non-hydrogen) atoms. The summed E-state index contributed by atoms with van der Waals surface area (Å²) < 4.78 is 14.2. The maximum absolute atomic E-state index is 13.3.